The summed E-state index contributed by atoms with van der Waals surface area (Å²) in [7, 11) is 0. The minimum absolute atomic E-state index is 0.0496. The highest BCUT2D eigenvalue weighted by Gasteiger charge is 2.33. The topological polar surface area (TPSA) is 44.9 Å². The molecule has 2 aromatic carbocycles. The molecule has 1 aliphatic rings. The van der Waals surface area contributed by atoms with Crippen LogP contribution in [-0.2, 0) is 4.79 Å². The smallest absolute Gasteiger partial charge is 0.236 e. The number of para-hydroxylation sites is 1. The monoisotopic (exact) mass is 262 g/mol. The molecule has 0 saturated heterocycles. The van der Waals surface area contributed by atoms with E-state index in [-0.39, 0.29) is 11.8 Å². The van der Waals surface area contributed by atoms with Gasteiger partial charge < -0.3 is 10.3 Å². The van der Waals surface area contributed by atoms with E-state index in [2.05, 4.69) is 35.4 Å². The lowest BCUT2D eigenvalue weighted by Gasteiger charge is -2.08. The number of H-pyrrole nitrogens is 1. The predicted molar refractivity (Wildman–Crippen MR) is 80.0 cm³/mol. The molecule has 20 heavy (non-hydrogen) atoms. The van der Waals surface area contributed by atoms with Crippen molar-refractivity contribution in [2.75, 3.05) is 5.32 Å². The molecule has 0 bridgehead atoms. The zero-order chi connectivity index (χ0) is 13.7. The van der Waals surface area contributed by atoms with Crippen molar-refractivity contribution >= 4 is 22.5 Å². The molecule has 2 N–H and O–H groups in total. The fraction of sp³-hybridized carbons (Fsp3) is 0.118. The zero-order valence-electron chi connectivity index (χ0n) is 11.1. The second kappa shape index (κ2) is 3.97. The summed E-state index contributed by atoms with van der Waals surface area (Å²) >= 11 is 0. The van der Waals surface area contributed by atoms with E-state index in [9.17, 15) is 4.79 Å². The molecule has 1 aliphatic heterocycles. The molecule has 1 aromatic heterocycles. The first-order chi connectivity index (χ1) is 9.74. The maximum absolute atomic E-state index is 12.3. The minimum atomic E-state index is -0.221. The standard InChI is InChI=1S/C17H14N2O/c1-10-6-7-14-12(8-10)13(9-18-14)16-11-4-2-3-5-15(11)19-17(16)20/h2-9,16,18H,1H3,(H,19,20)/t16-/m0/s1. The third kappa shape index (κ3) is 1.50. The molecule has 3 nitrogen and oxygen atoms in total. The molecule has 0 saturated carbocycles. The van der Waals surface area contributed by atoms with Crippen LogP contribution in [0.4, 0.5) is 5.69 Å². The van der Waals surface area contributed by atoms with Crippen LogP contribution in [0.1, 0.15) is 22.6 Å². The lowest BCUT2D eigenvalue weighted by molar-refractivity contribution is -0.116. The molecule has 4 rings (SSSR count). The SMILES string of the molecule is Cc1ccc2[nH]cc([C@H]3C(=O)Nc4ccccc43)c2c1. The number of fused-ring (bicyclic) bond motifs is 2. The number of rotatable bonds is 1. The average Bonchev–Trinajstić information content (AvgIpc) is 2.98. The number of carbonyl (C=O) groups is 1. The Morgan fingerprint density at radius 3 is 2.80 bits per heavy atom. The second-order valence-electron chi connectivity index (χ2n) is 5.30. The van der Waals surface area contributed by atoms with E-state index in [0.717, 1.165) is 27.7 Å². The van der Waals surface area contributed by atoms with E-state index >= 15 is 0 Å². The minimum Gasteiger partial charge on any atom is -0.361 e. The van der Waals surface area contributed by atoms with E-state index in [0.29, 0.717) is 0 Å². The van der Waals surface area contributed by atoms with Crippen LogP contribution >= 0.6 is 0 Å². The Labute approximate surface area is 116 Å². The number of aromatic nitrogens is 1. The summed E-state index contributed by atoms with van der Waals surface area (Å²) in [5.74, 6) is -0.171. The number of anilines is 1. The number of carbonyl (C=O) groups excluding carboxylic acids is 1. The van der Waals surface area contributed by atoms with Gasteiger partial charge in [0.1, 0.15) is 0 Å². The molecular weight excluding hydrogens is 248 g/mol. The quantitative estimate of drug-likeness (QED) is 0.692. The van der Waals surface area contributed by atoms with E-state index in [1.54, 1.807) is 0 Å². The Hall–Kier alpha value is -2.55. The molecule has 0 aliphatic carbocycles. The molecule has 3 heteroatoms. The zero-order valence-corrected chi connectivity index (χ0v) is 11.1. The van der Waals surface area contributed by atoms with Gasteiger partial charge in [0.05, 0.1) is 5.92 Å². The molecule has 0 unspecified atom stereocenters. The molecular formula is C17H14N2O. The molecule has 98 valence electrons. The predicted octanol–water partition coefficient (Wildman–Crippen LogP) is 3.56. The van der Waals surface area contributed by atoms with Crippen LogP contribution in [0.3, 0.4) is 0 Å². The number of hydrogen-bond donors (Lipinski definition) is 2. The molecule has 0 radical (unpaired) electrons. The van der Waals surface area contributed by atoms with Crippen molar-refractivity contribution in [3.63, 3.8) is 0 Å². The Balaban J connectivity index is 1.95. The fourth-order valence-corrected chi connectivity index (χ4v) is 3.01. The van der Waals surface area contributed by atoms with Gasteiger partial charge in [0.15, 0.2) is 0 Å². The van der Waals surface area contributed by atoms with Gasteiger partial charge in [-0.1, -0.05) is 29.8 Å². The third-order valence-electron chi connectivity index (χ3n) is 3.97. The maximum atomic E-state index is 12.3. The Morgan fingerprint density at radius 1 is 1.05 bits per heavy atom. The summed E-state index contributed by atoms with van der Waals surface area (Å²) in [6.45, 7) is 2.07. The highest BCUT2D eigenvalue weighted by molar-refractivity contribution is 6.07. The lowest BCUT2D eigenvalue weighted by atomic mass is 9.92. The van der Waals surface area contributed by atoms with Crippen LogP contribution in [0.25, 0.3) is 10.9 Å². The van der Waals surface area contributed by atoms with E-state index in [4.69, 9.17) is 0 Å². The molecule has 3 aromatic rings. The first-order valence-electron chi connectivity index (χ1n) is 6.71. The largest absolute Gasteiger partial charge is 0.361 e. The second-order valence-corrected chi connectivity index (χ2v) is 5.30. The van der Waals surface area contributed by atoms with Gasteiger partial charge in [-0.25, -0.2) is 0 Å². The van der Waals surface area contributed by atoms with Gasteiger partial charge in [-0.15, -0.1) is 0 Å². The van der Waals surface area contributed by atoms with Gasteiger partial charge >= 0.3 is 0 Å². The molecule has 1 atom stereocenters. The highest BCUT2D eigenvalue weighted by atomic mass is 16.2. The van der Waals surface area contributed by atoms with Gasteiger partial charge in [0.25, 0.3) is 0 Å². The Morgan fingerprint density at radius 2 is 1.90 bits per heavy atom. The number of hydrogen-bond acceptors (Lipinski definition) is 1. The number of aryl methyl sites for hydroxylation is 1. The van der Waals surface area contributed by atoms with E-state index < -0.39 is 0 Å². The summed E-state index contributed by atoms with van der Waals surface area (Å²) in [5.41, 5.74) is 5.29. The number of amides is 1. The van der Waals surface area contributed by atoms with Crippen molar-refractivity contribution in [2.45, 2.75) is 12.8 Å². The first-order valence-corrected chi connectivity index (χ1v) is 6.71. The summed E-state index contributed by atoms with van der Waals surface area (Å²) in [4.78, 5) is 15.6. The molecule has 2 heterocycles. The first kappa shape index (κ1) is 11.3. The van der Waals surface area contributed by atoms with Crippen LogP contribution in [0.5, 0.6) is 0 Å². The number of nitrogens with one attached hydrogen (secondary N) is 2. The van der Waals surface area contributed by atoms with E-state index in [1.165, 1.54) is 5.56 Å². The number of aromatic amines is 1. The lowest BCUT2D eigenvalue weighted by Crippen LogP contribution is -2.12. The fourth-order valence-electron chi connectivity index (χ4n) is 3.01. The average molecular weight is 262 g/mol. The van der Waals surface area contributed by atoms with Gasteiger partial charge in [-0.05, 0) is 36.2 Å². The van der Waals surface area contributed by atoms with Gasteiger partial charge in [-0.3, -0.25) is 4.79 Å². The highest BCUT2D eigenvalue weighted by Crippen LogP contribution is 2.39. The van der Waals surface area contributed by atoms with Crippen molar-refractivity contribution in [2.24, 2.45) is 0 Å². The maximum Gasteiger partial charge on any atom is 0.236 e. The van der Waals surface area contributed by atoms with Crippen molar-refractivity contribution in [1.29, 1.82) is 0 Å². The van der Waals surface area contributed by atoms with Crippen molar-refractivity contribution in [3.8, 4) is 0 Å². The van der Waals surface area contributed by atoms with Crippen molar-refractivity contribution < 1.29 is 4.79 Å². The van der Waals surface area contributed by atoms with Gasteiger partial charge in [0.2, 0.25) is 5.91 Å². The molecule has 0 fully saturated rings. The molecule has 0 spiro atoms. The van der Waals surface area contributed by atoms with Crippen LogP contribution in [0, 0.1) is 6.92 Å². The van der Waals surface area contributed by atoms with Crippen molar-refractivity contribution in [1.82, 2.24) is 4.98 Å². The molecule has 1 amide bonds. The van der Waals surface area contributed by atoms with Crippen LogP contribution < -0.4 is 5.32 Å². The summed E-state index contributed by atoms with van der Waals surface area (Å²) in [5, 5.41) is 4.09. The normalized spacial score (nSPS) is 17.2. The number of benzene rings is 2. The van der Waals surface area contributed by atoms with Crippen LogP contribution in [0.2, 0.25) is 0 Å². The van der Waals surface area contributed by atoms with Crippen LogP contribution in [0.15, 0.2) is 48.7 Å². The summed E-state index contributed by atoms with van der Waals surface area (Å²) in [6.07, 6.45) is 1.95. The summed E-state index contributed by atoms with van der Waals surface area (Å²) in [6, 6.07) is 14.2. The third-order valence-corrected chi connectivity index (χ3v) is 3.97. The van der Waals surface area contributed by atoms with Crippen molar-refractivity contribution in [3.05, 3.63) is 65.4 Å². The van der Waals surface area contributed by atoms with E-state index in [1.807, 2.05) is 30.5 Å². The van der Waals surface area contributed by atoms with Crippen LogP contribution in [-0.4, -0.2) is 10.9 Å². The van der Waals surface area contributed by atoms with Gasteiger partial charge in [-0.2, -0.15) is 0 Å². The Bertz CT molecular complexity index is 832. The van der Waals surface area contributed by atoms with Gasteiger partial charge in [0, 0.05) is 22.8 Å². The Kier molecular flexibility index (Phi) is 2.24. The summed E-state index contributed by atoms with van der Waals surface area (Å²) < 4.78 is 0.